The molecule has 3 rings (SSSR count). The van der Waals surface area contributed by atoms with E-state index in [-0.39, 0.29) is 6.42 Å². The number of halogens is 2. The summed E-state index contributed by atoms with van der Waals surface area (Å²) in [5.74, 6) is -0.673. The molecule has 1 atom stereocenters. The lowest BCUT2D eigenvalue weighted by atomic mass is 10.0. The number of aliphatic carboxylic acids is 1. The fraction of sp³-hybridized carbons (Fsp3) is 0.368. The number of carboxylic acids is 1. The van der Waals surface area contributed by atoms with Crippen molar-refractivity contribution in [1.82, 2.24) is 25.7 Å². The molecule has 0 unspecified atom stereocenters. The molecule has 0 aliphatic carbocycles. The number of carbonyl (C=O) groups is 2. The Bertz CT molecular complexity index is 926. The number of benzene rings is 1. The van der Waals surface area contributed by atoms with Crippen molar-refractivity contribution in [3.63, 3.8) is 0 Å². The highest BCUT2D eigenvalue weighted by atomic mass is 35.5. The second-order valence-electron chi connectivity index (χ2n) is 6.76. The van der Waals surface area contributed by atoms with Gasteiger partial charge in [-0.2, -0.15) is 5.10 Å². The minimum Gasteiger partial charge on any atom is -0.481 e. The van der Waals surface area contributed by atoms with E-state index in [4.69, 9.17) is 23.2 Å². The Balaban J connectivity index is 1.58. The average molecular weight is 453 g/mol. The van der Waals surface area contributed by atoms with Gasteiger partial charge in [-0.15, -0.1) is 0 Å². The Morgan fingerprint density at radius 2 is 2.03 bits per heavy atom. The summed E-state index contributed by atoms with van der Waals surface area (Å²) in [7, 11) is 0. The Kier molecular flexibility index (Phi) is 7.53. The summed E-state index contributed by atoms with van der Waals surface area (Å²) in [6.07, 6.45) is 3.57. The third kappa shape index (κ3) is 6.36. The lowest BCUT2D eigenvalue weighted by Gasteiger charge is -2.17. The first kappa shape index (κ1) is 21.9. The zero-order valence-electron chi connectivity index (χ0n) is 16.1. The van der Waals surface area contributed by atoms with Crippen LogP contribution in [0.25, 0.3) is 0 Å². The zero-order chi connectivity index (χ0) is 21.5. The van der Waals surface area contributed by atoms with Gasteiger partial charge >= 0.3 is 5.97 Å². The minimum atomic E-state index is -1.05. The SMILES string of the molecule is O=C(O)C[C@H](NC(=O)c1cnn(CCCNC2=NCCN2)c1)c1cc(Cl)cc(Cl)c1. The van der Waals surface area contributed by atoms with Gasteiger partial charge in [-0.25, -0.2) is 0 Å². The first-order valence-electron chi connectivity index (χ1n) is 9.44. The molecule has 0 fully saturated rings. The molecule has 1 aromatic heterocycles. The molecule has 0 spiro atoms. The Morgan fingerprint density at radius 3 is 2.70 bits per heavy atom. The Labute approximate surface area is 183 Å². The van der Waals surface area contributed by atoms with Crippen molar-refractivity contribution >= 4 is 41.0 Å². The zero-order valence-corrected chi connectivity index (χ0v) is 17.6. The number of aliphatic imine (C=N–C) groups is 1. The number of aromatic nitrogens is 2. The number of hydrogen-bond acceptors (Lipinski definition) is 6. The molecular formula is C19H22Cl2N6O3. The predicted octanol–water partition coefficient (Wildman–Crippen LogP) is 2.07. The molecule has 1 aromatic carbocycles. The molecule has 1 aliphatic rings. The van der Waals surface area contributed by atoms with E-state index in [2.05, 4.69) is 26.0 Å². The number of rotatable bonds is 9. The van der Waals surface area contributed by atoms with Crippen LogP contribution in [0.3, 0.4) is 0 Å². The number of carboxylic acid groups (broad SMARTS) is 1. The van der Waals surface area contributed by atoms with Crippen LogP contribution >= 0.6 is 23.2 Å². The van der Waals surface area contributed by atoms with Crippen LogP contribution in [0.4, 0.5) is 0 Å². The van der Waals surface area contributed by atoms with Crippen molar-refractivity contribution in [2.45, 2.75) is 25.4 Å². The molecule has 0 saturated heterocycles. The Hall–Kier alpha value is -2.78. The highest BCUT2D eigenvalue weighted by Gasteiger charge is 2.21. The van der Waals surface area contributed by atoms with Crippen molar-refractivity contribution < 1.29 is 14.7 Å². The molecule has 0 saturated carbocycles. The van der Waals surface area contributed by atoms with Crippen LogP contribution in [0.15, 0.2) is 35.6 Å². The molecular weight excluding hydrogens is 431 g/mol. The lowest BCUT2D eigenvalue weighted by Crippen LogP contribution is -2.34. The Morgan fingerprint density at radius 1 is 1.27 bits per heavy atom. The van der Waals surface area contributed by atoms with E-state index in [9.17, 15) is 14.7 Å². The second kappa shape index (κ2) is 10.3. The molecule has 2 heterocycles. The van der Waals surface area contributed by atoms with Gasteiger partial charge in [-0.1, -0.05) is 23.2 Å². The summed E-state index contributed by atoms with van der Waals surface area (Å²) in [6.45, 7) is 2.98. The van der Waals surface area contributed by atoms with Gasteiger partial charge in [0.2, 0.25) is 0 Å². The molecule has 11 heteroatoms. The first-order valence-corrected chi connectivity index (χ1v) is 10.2. The number of nitrogens with one attached hydrogen (secondary N) is 3. The summed E-state index contributed by atoms with van der Waals surface area (Å²) in [5, 5.41) is 23.2. The van der Waals surface area contributed by atoms with Crippen molar-refractivity contribution in [2.75, 3.05) is 19.6 Å². The van der Waals surface area contributed by atoms with Gasteiger partial charge in [0.15, 0.2) is 5.96 Å². The second-order valence-corrected chi connectivity index (χ2v) is 7.63. The van der Waals surface area contributed by atoms with E-state index >= 15 is 0 Å². The predicted molar refractivity (Wildman–Crippen MR) is 114 cm³/mol. The van der Waals surface area contributed by atoms with Crippen LogP contribution in [0, 0.1) is 0 Å². The van der Waals surface area contributed by atoms with Crippen molar-refractivity contribution in [3.8, 4) is 0 Å². The van der Waals surface area contributed by atoms with Crippen LogP contribution in [0.5, 0.6) is 0 Å². The molecule has 4 N–H and O–H groups in total. The maximum absolute atomic E-state index is 12.6. The normalized spacial score (nSPS) is 14.0. The van der Waals surface area contributed by atoms with E-state index < -0.39 is 17.9 Å². The molecule has 1 amide bonds. The number of hydrogen-bond donors (Lipinski definition) is 4. The third-order valence-electron chi connectivity index (χ3n) is 4.40. The summed E-state index contributed by atoms with van der Waals surface area (Å²) < 4.78 is 1.67. The van der Waals surface area contributed by atoms with Gasteiger partial charge in [0.1, 0.15) is 0 Å². The molecule has 9 nitrogen and oxygen atoms in total. The quantitative estimate of drug-likeness (QED) is 0.432. The van der Waals surface area contributed by atoms with Gasteiger partial charge in [0, 0.05) is 35.9 Å². The van der Waals surface area contributed by atoms with E-state index in [0.717, 1.165) is 32.0 Å². The van der Waals surface area contributed by atoms with Crippen molar-refractivity contribution in [3.05, 3.63) is 51.8 Å². The topological polar surface area (TPSA) is 121 Å². The maximum atomic E-state index is 12.6. The molecule has 0 bridgehead atoms. The smallest absolute Gasteiger partial charge is 0.305 e. The summed E-state index contributed by atoms with van der Waals surface area (Å²) >= 11 is 12.0. The first-order chi connectivity index (χ1) is 14.4. The molecule has 1 aliphatic heterocycles. The number of guanidine groups is 1. The number of aryl methyl sites for hydroxylation is 1. The van der Waals surface area contributed by atoms with Gasteiger partial charge in [0.05, 0.1) is 30.8 Å². The number of nitrogens with zero attached hydrogens (tertiary/aromatic N) is 3. The van der Waals surface area contributed by atoms with Crippen LogP contribution in [-0.4, -0.2) is 52.4 Å². The van der Waals surface area contributed by atoms with E-state index in [1.807, 2.05) is 0 Å². The number of amides is 1. The van der Waals surface area contributed by atoms with Gasteiger partial charge < -0.3 is 21.1 Å². The highest BCUT2D eigenvalue weighted by molar-refractivity contribution is 6.34. The van der Waals surface area contributed by atoms with Crippen molar-refractivity contribution in [2.24, 2.45) is 4.99 Å². The molecule has 30 heavy (non-hydrogen) atoms. The van der Waals surface area contributed by atoms with Gasteiger partial charge in [-0.05, 0) is 30.2 Å². The summed E-state index contributed by atoms with van der Waals surface area (Å²) in [4.78, 5) is 28.2. The van der Waals surface area contributed by atoms with Crippen LogP contribution in [0.2, 0.25) is 10.0 Å². The number of carbonyl (C=O) groups excluding carboxylic acids is 1. The third-order valence-corrected chi connectivity index (χ3v) is 4.83. The molecule has 2 aromatic rings. The van der Waals surface area contributed by atoms with Crippen molar-refractivity contribution in [1.29, 1.82) is 0 Å². The lowest BCUT2D eigenvalue weighted by molar-refractivity contribution is -0.137. The minimum absolute atomic E-state index is 0.305. The maximum Gasteiger partial charge on any atom is 0.305 e. The van der Waals surface area contributed by atoms with Gasteiger partial charge in [-0.3, -0.25) is 19.3 Å². The fourth-order valence-electron chi connectivity index (χ4n) is 3.01. The standard InChI is InChI=1S/C19H22Cl2N6O3/c20-14-6-12(7-15(21)8-14)16(9-17(28)29)26-18(30)13-10-25-27(11-13)5-1-2-22-19-23-3-4-24-19/h6-8,10-11,16H,1-5,9H2,(H,26,30)(H,28,29)(H2,22,23,24)/t16-/m0/s1. The van der Waals surface area contributed by atoms with E-state index in [1.165, 1.54) is 6.20 Å². The molecule has 0 radical (unpaired) electrons. The fourth-order valence-corrected chi connectivity index (χ4v) is 3.55. The van der Waals surface area contributed by atoms with Crippen LogP contribution in [0.1, 0.15) is 34.8 Å². The van der Waals surface area contributed by atoms with Crippen LogP contribution < -0.4 is 16.0 Å². The van der Waals surface area contributed by atoms with E-state index in [1.54, 1.807) is 29.1 Å². The summed E-state index contributed by atoms with van der Waals surface area (Å²) in [5.41, 5.74) is 0.860. The monoisotopic (exact) mass is 452 g/mol. The van der Waals surface area contributed by atoms with Gasteiger partial charge in [0.25, 0.3) is 5.91 Å². The largest absolute Gasteiger partial charge is 0.481 e. The summed E-state index contributed by atoms with van der Waals surface area (Å²) in [6, 6.07) is 3.93. The molecule has 160 valence electrons. The average Bonchev–Trinajstić information content (AvgIpc) is 3.35. The van der Waals surface area contributed by atoms with Crippen LogP contribution in [-0.2, 0) is 11.3 Å². The van der Waals surface area contributed by atoms with E-state index in [0.29, 0.717) is 27.7 Å². The highest BCUT2D eigenvalue weighted by Crippen LogP contribution is 2.25.